The van der Waals surface area contributed by atoms with Crippen molar-refractivity contribution in [3.8, 4) is 17.0 Å². The van der Waals surface area contributed by atoms with Gasteiger partial charge < -0.3 is 9.64 Å². The van der Waals surface area contributed by atoms with Gasteiger partial charge in [-0.3, -0.25) is 14.3 Å². The summed E-state index contributed by atoms with van der Waals surface area (Å²) in [6.45, 7) is 0.496. The largest absolute Gasteiger partial charge is 0.496 e. The fourth-order valence-electron chi connectivity index (χ4n) is 4.10. The van der Waals surface area contributed by atoms with Crippen LogP contribution in [0.3, 0.4) is 0 Å². The topological polar surface area (TPSA) is 75.5 Å². The minimum atomic E-state index is -0.0437. The lowest BCUT2D eigenvalue weighted by Gasteiger charge is -2.17. The lowest BCUT2D eigenvalue weighted by molar-refractivity contribution is 0.0776. The predicted octanol–water partition coefficient (Wildman–Crippen LogP) is 3.95. The molecule has 0 atom stereocenters. The van der Waals surface area contributed by atoms with Crippen LogP contribution in [0.1, 0.15) is 40.3 Å². The van der Waals surface area contributed by atoms with Crippen LogP contribution in [-0.2, 0) is 19.4 Å². The van der Waals surface area contributed by atoms with E-state index in [1.165, 1.54) is 35.4 Å². The lowest BCUT2D eigenvalue weighted by Crippen LogP contribution is -2.27. The Labute approximate surface area is 178 Å². The molecular weight excluding hydrogens is 398 g/mol. The zero-order valence-corrected chi connectivity index (χ0v) is 17.8. The number of aromatic amines is 1. The van der Waals surface area contributed by atoms with Gasteiger partial charge in [-0.15, -0.1) is 11.3 Å². The summed E-state index contributed by atoms with van der Waals surface area (Å²) in [5.41, 5.74) is 5.80. The van der Waals surface area contributed by atoms with E-state index in [0.29, 0.717) is 12.2 Å². The standard InChI is InChI=1S/C22H23N5O2S/c1-26(11-18-14-7-3-5-9-16(14)24-25-18)21(28)19-13-30-22-23-17(12-27(19)22)15-8-4-6-10-20(15)29-2/h4,6,8,10,12-13H,3,5,7,9,11H2,1-2H3,(H,24,25). The third kappa shape index (κ3) is 3.17. The van der Waals surface area contributed by atoms with Crippen molar-refractivity contribution >= 4 is 22.2 Å². The van der Waals surface area contributed by atoms with Crippen LogP contribution in [0.4, 0.5) is 0 Å². The fraction of sp³-hybridized carbons (Fsp3) is 0.318. The van der Waals surface area contributed by atoms with E-state index in [1.54, 1.807) is 12.0 Å². The number of H-pyrrole nitrogens is 1. The second kappa shape index (κ2) is 7.60. The van der Waals surface area contributed by atoms with E-state index < -0.39 is 0 Å². The number of para-hydroxylation sites is 1. The van der Waals surface area contributed by atoms with E-state index in [9.17, 15) is 4.79 Å². The fourth-order valence-corrected chi connectivity index (χ4v) is 4.94. The molecule has 7 nitrogen and oxygen atoms in total. The van der Waals surface area contributed by atoms with Gasteiger partial charge in [0.2, 0.25) is 0 Å². The average molecular weight is 422 g/mol. The summed E-state index contributed by atoms with van der Waals surface area (Å²) >= 11 is 1.46. The number of hydrogen-bond acceptors (Lipinski definition) is 5. The molecule has 3 heterocycles. The Kier molecular flexibility index (Phi) is 4.78. The van der Waals surface area contributed by atoms with Gasteiger partial charge in [-0.1, -0.05) is 12.1 Å². The maximum Gasteiger partial charge on any atom is 0.271 e. The second-order valence-corrected chi connectivity index (χ2v) is 8.43. The van der Waals surface area contributed by atoms with Gasteiger partial charge in [-0.25, -0.2) is 4.98 Å². The van der Waals surface area contributed by atoms with Crippen LogP contribution in [0.5, 0.6) is 5.75 Å². The number of nitrogens with zero attached hydrogens (tertiary/aromatic N) is 4. The quantitative estimate of drug-likeness (QED) is 0.530. The van der Waals surface area contributed by atoms with Gasteiger partial charge in [0.15, 0.2) is 4.96 Å². The number of fused-ring (bicyclic) bond motifs is 2. The van der Waals surface area contributed by atoms with E-state index in [0.717, 1.165) is 40.5 Å². The van der Waals surface area contributed by atoms with Gasteiger partial charge in [0.25, 0.3) is 5.91 Å². The summed E-state index contributed by atoms with van der Waals surface area (Å²) < 4.78 is 7.33. The number of rotatable bonds is 5. The Morgan fingerprint density at radius 3 is 3.00 bits per heavy atom. The van der Waals surface area contributed by atoms with Crippen molar-refractivity contribution in [1.29, 1.82) is 0 Å². The van der Waals surface area contributed by atoms with Crippen LogP contribution in [-0.4, -0.2) is 44.5 Å². The third-order valence-electron chi connectivity index (χ3n) is 5.69. The molecule has 3 aromatic heterocycles. The van der Waals surface area contributed by atoms with Crippen LogP contribution >= 0.6 is 11.3 Å². The van der Waals surface area contributed by atoms with E-state index in [1.807, 2.05) is 47.3 Å². The molecule has 0 fully saturated rings. The molecule has 0 saturated carbocycles. The highest BCUT2D eigenvalue weighted by atomic mass is 32.1. The molecule has 5 rings (SSSR count). The molecule has 0 bridgehead atoms. The highest BCUT2D eigenvalue weighted by molar-refractivity contribution is 7.15. The van der Waals surface area contributed by atoms with Gasteiger partial charge in [0.05, 0.1) is 25.0 Å². The molecule has 1 aromatic carbocycles. The average Bonchev–Trinajstić information content (AvgIpc) is 3.48. The van der Waals surface area contributed by atoms with Crippen molar-refractivity contribution in [3.63, 3.8) is 0 Å². The highest BCUT2D eigenvalue weighted by Gasteiger charge is 2.23. The molecule has 30 heavy (non-hydrogen) atoms. The van der Waals surface area contributed by atoms with E-state index in [4.69, 9.17) is 9.72 Å². The summed E-state index contributed by atoms with van der Waals surface area (Å²) in [6, 6.07) is 7.76. The minimum Gasteiger partial charge on any atom is -0.496 e. The Morgan fingerprint density at radius 2 is 2.13 bits per heavy atom. The third-order valence-corrected chi connectivity index (χ3v) is 6.53. The van der Waals surface area contributed by atoms with Crippen LogP contribution in [0, 0.1) is 0 Å². The number of imidazole rings is 1. The molecule has 0 saturated heterocycles. The number of thiazole rings is 1. The van der Waals surface area contributed by atoms with E-state index >= 15 is 0 Å². The van der Waals surface area contributed by atoms with Crippen LogP contribution < -0.4 is 4.74 Å². The maximum absolute atomic E-state index is 13.2. The van der Waals surface area contributed by atoms with Crippen LogP contribution in [0.15, 0.2) is 35.8 Å². The molecule has 1 aliphatic carbocycles. The number of ether oxygens (including phenoxy) is 1. The van der Waals surface area contributed by atoms with E-state index in [2.05, 4.69) is 10.2 Å². The number of aromatic nitrogens is 4. The van der Waals surface area contributed by atoms with Crippen molar-refractivity contribution in [3.05, 3.63) is 58.5 Å². The lowest BCUT2D eigenvalue weighted by atomic mass is 9.96. The first-order valence-electron chi connectivity index (χ1n) is 10.1. The zero-order valence-electron chi connectivity index (χ0n) is 17.0. The Bertz CT molecular complexity index is 1220. The Hall–Kier alpha value is -3.13. The molecule has 0 spiro atoms. The first-order valence-corrected chi connectivity index (χ1v) is 10.9. The highest BCUT2D eigenvalue weighted by Crippen LogP contribution is 2.31. The van der Waals surface area contributed by atoms with Gasteiger partial charge >= 0.3 is 0 Å². The number of carbonyl (C=O) groups is 1. The van der Waals surface area contributed by atoms with Gasteiger partial charge in [0.1, 0.15) is 11.4 Å². The number of amides is 1. The zero-order chi connectivity index (χ0) is 20.7. The van der Waals surface area contributed by atoms with Crippen molar-refractivity contribution < 1.29 is 9.53 Å². The summed E-state index contributed by atoms with van der Waals surface area (Å²) in [6.07, 6.45) is 6.37. The Morgan fingerprint density at radius 1 is 1.30 bits per heavy atom. The minimum absolute atomic E-state index is 0.0437. The van der Waals surface area contributed by atoms with Crippen molar-refractivity contribution in [2.45, 2.75) is 32.2 Å². The second-order valence-electron chi connectivity index (χ2n) is 7.60. The summed E-state index contributed by atoms with van der Waals surface area (Å²) in [4.78, 5) is 20.4. The Balaban J connectivity index is 1.42. The van der Waals surface area contributed by atoms with Crippen molar-refractivity contribution in [1.82, 2.24) is 24.5 Å². The molecule has 154 valence electrons. The van der Waals surface area contributed by atoms with Crippen molar-refractivity contribution in [2.75, 3.05) is 14.2 Å². The molecular formula is C22H23N5O2S. The van der Waals surface area contributed by atoms with E-state index in [-0.39, 0.29) is 5.91 Å². The number of benzene rings is 1. The first kappa shape index (κ1) is 18.9. The van der Waals surface area contributed by atoms with Crippen molar-refractivity contribution in [2.24, 2.45) is 0 Å². The molecule has 1 N–H and O–H groups in total. The SMILES string of the molecule is COc1ccccc1-c1cn2c(C(=O)N(C)Cc3n[nH]c4c3CCCC4)csc2n1. The smallest absolute Gasteiger partial charge is 0.271 e. The normalized spacial score (nSPS) is 13.4. The van der Waals surface area contributed by atoms with Gasteiger partial charge in [0, 0.05) is 29.9 Å². The number of hydrogen-bond donors (Lipinski definition) is 1. The number of methoxy groups -OCH3 is 1. The maximum atomic E-state index is 13.2. The number of nitrogens with one attached hydrogen (secondary N) is 1. The molecule has 1 aliphatic rings. The number of aryl methyl sites for hydroxylation is 1. The van der Waals surface area contributed by atoms with Gasteiger partial charge in [-0.2, -0.15) is 5.10 Å². The number of carbonyl (C=O) groups excluding carboxylic acids is 1. The molecule has 0 unspecified atom stereocenters. The van der Waals surface area contributed by atoms with Crippen LogP contribution in [0.2, 0.25) is 0 Å². The molecule has 8 heteroatoms. The molecule has 1 amide bonds. The molecule has 0 aliphatic heterocycles. The van der Waals surface area contributed by atoms with Crippen LogP contribution in [0.25, 0.3) is 16.2 Å². The van der Waals surface area contributed by atoms with Gasteiger partial charge in [-0.05, 0) is 43.4 Å². The summed E-state index contributed by atoms with van der Waals surface area (Å²) in [5.74, 6) is 0.717. The predicted molar refractivity (Wildman–Crippen MR) is 116 cm³/mol. The summed E-state index contributed by atoms with van der Waals surface area (Å²) in [7, 11) is 3.47. The summed E-state index contributed by atoms with van der Waals surface area (Å²) in [5, 5.41) is 9.50. The first-order chi connectivity index (χ1) is 14.7. The monoisotopic (exact) mass is 421 g/mol. The molecule has 4 aromatic rings. The molecule has 0 radical (unpaired) electrons.